The van der Waals surface area contributed by atoms with Crippen LogP contribution in [-0.4, -0.2) is 178 Å². The van der Waals surface area contributed by atoms with Gasteiger partial charge < -0.3 is 66.6 Å². The summed E-state index contributed by atoms with van der Waals surface area (Å²) in [4.78, 5) is 36.0. The fourth-order valence-electron chi connectivity index (χ4n) is 5.02. The van der Waals surface area contributed by atoms with Crippen LogP contribution >= 0.6 is 0 Å². The quantitative estimate of drug-likeness (QED) is 0.0580. The summed E-state index contributed by atoms with van der Waals surface area (Å²) < 4.78 is 55.2. The van der Waals surface area contributed by atoms with Gasteiger partial charge in [-0.05, 0) is 93.2 Å². The van der Waals surface area contributed by atoms with Gasteiger partial charge in [0.05, 0.1) is 112 Å². The van der Waals surface area contributed by atoms with E-state index in [2.05, 4.69) is 46.8 Å². The third-order valence-electron chi connectivity index (χ3n) is 7.02. The van der Waals surface area contributed by atoms with Gasteiger partial charge in [-0.2, -0.15) is 0 Å². The van der Waals surface area contributed by atoms with Crippen LogP contribution in [0.3, 0.4) is 0 Å². The monoisotopic (exact) mass is 923 g/mol. The van der Waals surface area contributed by atoms with Crippen molar-refractivity contribution in [2.75, 3.05) is 126 Å². The number of benzene rings is 1. The van der Waals surface area contributed by atoms with Gasteiger partial charge in [0.25, 0.3) is 0 Å². The maximum atomic E-state index is 9.33. The SMILES string of the molecule is CC(C)(C)CC(C)(C)c1ccc(OCCOCCOCCOCCOCCOCCOCCOCCOCCOCCC[Si](C)(O)O)cc1.C[Si](C)(C)O.C[Si](C)(C)O.[BH4-].[Li+]. The molecule has 1 rings (SSSR count). The predicted molar refractivity (Wildman–Crippen MR) is 254 cm³/mol. The second kappa shape index (κ2) is 40.1. The van der Waals surface area contributed by atoms with Crippen molar-refractivity contribution in [3.8, 4) is 5.75 Å². The van der Waals surface area contributed by atoms with Crippen molar-refractivity contribution >= 4 is 33.6 Å². The Morgan fingerprint density at radius 2 is 0.672 bits per heavy atom. The van der Waals surface area contributed by atoms with Gasteiger partial charge in [-0.3, -0.25) is 0 Å². The van der Waals surface area contributed by atoms with Crippen LogP contribution in [0.15, 0.2) is 24.3 Å². The molecule has 0 bridgehead atoms. The summed E-state index contributed by atoms with van der Waals surface area (Å²) in [6.07, 6.45) is 1.76. The smallest absolute Gasteiger partial charge is 0.491 e. The Balaban J connectivity index is -0.00000120. The topological polar surface area (TPSA) is 173 Å². The van der Waals surface area contributed by atoms with Crippen molar-refractivity contribution in [2.45, 2.75) is 105 Å². The average molecular weight is 923 g/mol. The van der Waals surface area contributed by atoms with Gasteiger partial charge in [-0.25, -0.2) is 0 Å². The van der Waals surface area contributed by atoms with Gasteiger partial charge in [0.2, 0.25) is 0 Å². The standard InChI is InChI=1S/C36H68O12Si.2C3H10OSi.BH4.Li/c1-35(2,3)32-36(4,5)33-8-10-34(11-9-33)48-30-29-47-28-27-46-26-25-45-24-23-44-22-21-43-20-19-42-18-17-41-16-15-40-14-13-39-12-7-31-49(6,37)38;2*1-5(2,3)4;;/h8-11,37-38H,7,12-32H2,1-6H3;2*4H,1-3H3;1H4;/q;;;-1;+1. The Morgan fingerprint density at radius 1 is 0.426 bits per heavy atom. The van der Waals surface area contributed by atoms with Crippen molar-refractivity contribution in [1.82, 2.24) is 0 Å². The fraction of sp³-hybridized carbons (Fsp3) is 0.857. The van der Waals surface area contributed by atoms with E-state index in [1.54, 1.807) is 0 Å². The van der Waals surface area contributed by atoms with Crippen LogP contribution in [0, 0.1) is 5.41 Å². The molecule has 4 N–H and O–H groups in total. The first-order valence-corrected chi connectivity index (χ1v) is 30.7. The van der Waals surface area contributed by atoms with Crippen molar-refractivity contribution < 1.29 is 85.4 Å². The van der Waals surface area contributed by atoms with Crippen LogP contribution in [0.25, 0.3) is 0 Å². The second-order valence-electron chi connectivity index (χ2n) is 18.2. The van der Waals surface area contributed by atoms with Gasteiger partial charge >= 0.3 is 27.4 Å². The molecule has 14 nitrogen and oxygen atoms in total. The molecule has 0 aromatic heterocycles. The van der Waals surface area contributed by atoms with Gasteiger partial charge in [-0.1, -0.05) is 55.2 Å². The average Bonchev–Trinajstić information content (AvgIpc) is 3.08. The van der Waals surface area contributed by atoms with Crippen LogP contribution in [-0.2, 0) is 48.0 Å². The summed E-state index contributed by atoms with van der Waals surface area (Å²) in [5.41, 5.74) is 1.73. The zero-order valence-corrected chi connectivity index (χ0v) is 43.2. The molecule has 0 aliphatic carbocycles. The Hall–Kier alpha value is -0.187. The van der Waals surface area contributed by atoms with Crippen LogP contribution in [0.4, 0.5) is 0 Å². The first kappa shape index (κ1) is 67.4. The molecule has 0 heterocycles. The Kier molecular flexibility index (Phi) is 44.3. The van der Waals surface area contributed by atoms with E-state index >= 15 is 0 Å². The van der Waals surface area contributed by atoms with E-state index in [1.165, 1.54) is 12.1 Å². The van der Waals surface area contributed by atoms with E-state index in [1.807, 2.05) is 51.4 Å². The first-order valence-electron chi connectivity index (χ1n) is 21.2. The Bertz CT molecular complexity index is 1050. The normalized spacial score (nSPS) is 12.1. The fourth-order valence-corrected chi connectivity index (χ4v) is 5.83. The third-order valence-corrected chi connectivity index (χ3v) is 8.32. The van der Waals surface area contributed by atoms with E-state index in [0.717, 1.165) is 12.2 Å². The molecule has 0 aliphatic rings. The van der Waals surface area contributed by atoms with E-state index in [9.17, 15) is 9.59 Å². The minimum absolute atomic E-state index is 0. The summed E-state index contributed by atoms with van der Waals surface area (Å²) >= 11 is 0. The third kappa shape index (κ3) is 61.9. The van der Waals surface area contributed by atoms with Gasteiger partial charge in [0.15, 0.2) is 16.6 Å². The van der Waals surface area contributed by atoms with E-state index in [-0.39, 0.29) is 38.1 Å². The van der Waals surface area contributed by atoms with Gasteiger partial charge in [-0.15, -0.1) is 0 Å². The maximum absolute atomic E-state index is 9.33. The number of rotatable bonds is 34. The summed E-state index contributed by atoms with van der Waals surface area (Å²) in [7, 11) is -6.17. The molecule has 0 saturated carbocycles. The molecule has 0 amide bonds. The number of ether oxygens (including phenoxy) is 10. The molecular formula is C42H92BLiO14Si3. The van der Waals surface area contributed by atoms with Crippen molar-refractivity contribution in [2.24, 2.45) is 5.41 Å². The van der Waals surface area contributed by atoms with E-state index in [4.69, 9.17) is 57.0 Å². The second-order valence-corrected chi connectivity index (χ2v) is 29.8. The Morgan fingerprint density at radius 3 is 0.918 bits per heavy atom. The van der Waals surface area contributed by atoms with Crippen molar-refractivity contribution in [3.05, 3.63) is 29.8 Å². The molecule has 0 atom stereocenters. The Labute approximate surface area is 388 Å². The molecule has 0 unspecified atom stereocenters. The largest absolute Gasteiger partial charge is 1.00 e. The zero-order valence-electron chi connectivity index (χ0n) is 40.2. The molecule has 0 saturated heterocycles. The number of hydrogen-bond acceptors (Lipinski definition) is 14. The van der Waals surface area contributed by atoms with Gasteiger partial charge in [0, 0.05) is 6.61 Å². The zero-order chi connectivity index (χ0) is 45.1. The van der Waals surface area contributed by atoms with Crippen LogP contribution in [0.2, 0.25) is 51.9 Å². The van der Waals surface area contributed by atoms with Gasteiger partial charge in [0.1, 0.15) is 12.4 Å². The molecule has 61 heavy (non-hydrogen) atoms. The molecule has 1 aromatic carbocycles. The molecule has 0 fully saturated rings. The minimum Gasteiger partial charge on any atom is -0.491 e. The van der Waals surface area contributed by atoms with Crippen molar-refractivity contribution in [3.63, 3.8) is 0 Å². The molecule has 0 spiro atoms. The number of hydrogen-bond donors (Lipinski definition) is 4. The molecule has 1 aromatic rings. The van der Waals surface area contributed by atoms with E-state index in [0.29, 0.717) is 138 Å². The van der Waals surface area contributed by atoms with Crippen molar-refractivity contribution in [1.29, 1.82) is 0 Å². The molecule has 360 valence electrons. The van der Waals surface area contributed by atoms with Crippen LogP contribution in [0.5, 0.6) is 5.75 Å². The summed E-state index contributed by atoms with van der Waals surface area (Å²) in [6, 6.07) is 8.83. The summed E-state index contributed by atoms with van der Waals surface area (Å²) in [5, 5.41) is 0. The maximum Gasteiger partial charge on any atom is 1.00 e. The molecule has 19 heteroatoms. The molecule has 0 aliphatic heterocycles. The van der Waals surface area contributed by atoms with Crippen LogP contribution < -0.4 is 23.6 Å². The summed E-state index contributed by atoms with van der Waals surface area (Å²) in [5.74, 6) is 0.858. The van der Waals surface area contributed by atoms with E-state index < -0.39 is 25.2 Å². The molecule has 0 radical (unpaired) electrons. The molecular weight excluding hydrogens is 830 g/mol. The predicted octanol–water partition coefficient (Wildman–Crippen LogP) is 1.55. The minimum atomic E-state index is -2.95. The van der Waals surface area contributed by atoms with Crippen LogP contribution in [0.1, 0.15) is 53.0 Å². The first-order chi connectivity index (χ1) is 27.4. The summed E-state index contributed by atoms with van der Waals surface area (Å²) in [6.45, 7) is 33.7.